The normalized spacial score (nSPS) is 8.00. The minimum Gasteiger partial charge on any atom is -0.502 e. The van der Waals surface area contributed by atoms with E-state index >= 15 is 0 Å². The minimum atomic E-state index is 0.0880. The Morgan fingerprint density at radius 1 is 0.812 bits per heavy atom. The van der Waals surface area contributed by atoms with Crippen LogP contribution in [0.3, 0.4) is 0 Å². The van der Waals surface area contributed by atoms with Gasteiger partial charge in [0.25, 0.3) is 0 Å². The van der Waals surface area contributed by atoms with Crippen molar-refractivity contribution in [3.63, 3.8) is 0 Å². The summed E-state index contributed by atoms with van der Waals surface area (Å²) in [6.45, 7) is 4.01. The first-order valence-corrected chi connectivity index (χ1v) is 5.93. The Morgan fingerprint density at radius 3 is 1.06 bits per heavy atom. The summed E-state index contributed by atoms with van der Waals surface area (Å²) >= 11 is 8.50. The molecular formula is C10H22O4S2. The molecule has 16 heavy (non-hydrogen) atoms. The van der Waals surface area contributed by atoms with Crippen LogP contribution in [-0.2, 0) is 0 Å². The molecule has 0 aliphatic heterocycles. The molecule has 0 amide bonds. The van der Waals surface area contributed by atoms with Gasteiger partial charge in [-0.25, -0.2) is 0 Å². The van der Waals surface area contributed by atoms with Crippen molar-refractivity contribution in [2.24, 2.45) is 0 Å². The average Bonchev–Trinajstić information content (AvgIpc) is 2.27. The molecule has 0 saturated carbocycles. The van der Waals surface area contributed by atoms with Gasteiger partial charge in [-0.1, -0.05) is 13.8 Å². The molecule has 0 aromatic heterocycles. The molecule has 0 aromatic carbocycles. The molecule has 0 aromatic rings. The number of hydrogen-bond acceptors (Lipinski definition) is 4. The van der Waals surface area contributed by atoms with Crippen LogP contribution in [0.25, 0.3) is 0 Å². The molecule has 4 nitrogen and oxygen atoms in total. The van der Waals surface area contributed by atoms with Gasteiger partial charge in [0.1, 0.15) is 0 Å². The molecule has 0 aliphatic rings. The van der Waals surface area contributed by atoms with E-state index in [1.165, 1.54) is 0 Å². The van der Waals surface area contributed by atoms with Crippen molar-refractivity contribution in [2.45, 2.75) is 39.5 Å². The van der Waals surface area contributed by atoms with Crippen LogP contribution in [0.2, 0.25) is 0 Å². The number of hydrogen-bond donors (Lipinski definition) is 4. The topological polar surface area (TPSA) is 80.9 Å². The molecule has 98 valence electrons. The molecule has 0 radical (unpaired) electrons. The average molecular weight is 270 g/mol. The molecule has 0 fully saturated rings. The fourth-order valence-electron chi connectivity index (χ4n) is 0.224. The monoisotopic (exact) mass is 270 g/mol. The van der Waals surface area contributed by atoms with Crippen LogP contribution in [0, 0.1) is 0 Å². The van der Waals surface area contributed by atoms with Crippen molar-refractivity contribution in [1.29, 1.82) is 0 Å². The second kappa shape index (κ2) is 20.2. The molecule has 0 saturated heterocycles. The fourth-order valence-corrected chi connectivity index (χ4v) is 0.224. The lowest BCUT2D eigenvalue weighted by atomic mass is 10.3. The van der Waals surface area contributed by atoms with Gasteiger partial charge in [0.2, 0.25) is 0 Å². The molecule has 0 aliphatic carbocycles. The van der Waals surface area contributed by atoms with Gasteiger partial charge in [0, 0.05) is 26.1 Å². The molecule has 0 atom stereocenters. The van der Waals surface area contributed by atoms with Crippen LogP contribution < -0.4 is 0 Å². The van der Waals surface area contributed by atoms with Crippen LogP contribution >= 0.6 is 24.4 Å². The lowest BCUT2D eigenvalue weighted by molar-refractivity contribution is 0.242. The Morgan fingerprint density at radius 2 is 1.00 bits per heavy atom. The third-order valence-corrected chi connectivity index (χ3v) is 1.75. The third-order valence-electron chi connectivity index (χ3n) is 1.17. The van der Waals surface area contributed by atoms with Crippen molar-refractivity contribution < 1.29 is 20.4 Å². The number of aliphatic hydroxyl groups excluding tert-OH is 4. The van der Waals surface area contributed by atoms with Crippen molar-refractivity contribution in [3.05, 3.63) is 0 Å². The molecular weight excluding hydrogens is 248 g/mol. The highest BCUT2D eigenvalue weighted by Crippen LogP contribution is 1.80. The van der Waals surface area contributed by atoms with E-state index in [1.54, 1.807) is 0 Å². The first-order valence-electron chi connectivity index (χ1n) is 5.11. The van der Waals surface area contributed by atoms with Crippen LogP contribution in [-0.4, -0.2) is 43.7 Å². The van der Waals surface area contributed by atoms with E-state index in [0.717, 1.165) is 12.8 Å². The maximum Gasteiger partial charge on any atom is 0.156 e. The zero-order valence-corrected chi connectivity index (χ0v) is 11.5. The molecule has 4 N–H and O–H groups in total. The summed E-state index contributed by atoms with van der Waals surface area (Å²) in [6, 6.07) is 0. The summed E-state index contributed by atoms with van der Waals surface area (Å²) in [5.41, 5.74) is 0. The largest absolute Gasteiger partial charge is 0.502 e. The molecule has 0 unspecified atom stereocenters. The quantitative estimate of drug-likeness (QED) is 0.453. The number of thiocarbonyl (C=S) groups is 2. The lowest BCUT2D eigenvalue weighted by Crippen LogP contribution is -1.85. The van der Waals surface area contributed by atoms with Crippen LogP contribution in [0.4, 0.5) is 0 Å². The van der Waals surface area contributed by atoms with Crippen molar-refractivity contribution in [3.8, 4) is 0 Å². The van der Waals surface area contributed by atoms with E-state index in [0.29, 0.717) is 12.8 Å². The lowest BCUT2D eigenvalue weighted by Gasteiger charge is -1.85. The van der Waals surface area contributed by atoms with Crippen molar-refractivity contribution in [1.82, 2.24) is 0 Å². The van der Waals surface area contributed by atoms with E-state index in [1.807, 2.05) is 13.8 Å². The Labute approximate surface area is 108 Å². The number of aliphatic hydroxyl groups is 4. The van der Waals surface area contributed by atoms with E-state index < -0.39 is 0 Å². The smallest absolute Gasteiger partial charge is 0.156 e. The maximum absolute atomic E-state index is 8.09. The molecule has 0 heterocycles. The van der Waals surface area contributed by atoms with Gasteiger partial charge in [-0.2, -0.15) is 0 Å². The number of rotatable bonds is 5. The van der Waals surface area contributed by atoms with Crippen LogP contribution in [0.5, 0.6) is 0 Å². The van der Waals surface area contributed by atoms with Gasteiger partial charge in [0.15, 0.2) is 10.1 Å². The van der Waals surface area contributed by atoms with Gasteiger partial charge in [-0.15, -0.1) is 0 Å². The van der Waals surface area contributed by atoms with E-state index in [-0.39, 0.29) is 23.3 Å². The highest BCUT2D eigenvalue weighted by molar-refractivity contribution is 7.80. The Bertz CT molecular complexity index is 145. The van der Waals surface area contributed by atoms with Crippen molar-refractivity contribution >= 4 is 34.5 Å². The summed E-state index contributed by atoms with van der Waals surface area (Å²) in [5, 5.41) is 32.5. The second-order valence-electron chi connectivity index (χ2n) is 2.65. The molecule has 0 rings (SSSR count). The van der Waals surface area contributed by atoms with E-state index in [2.05, 4.69) is 24.4 Å². The molecule has 6 heteroatoms. The van der Waals surface area contributed by atoms with Gasteiger partial charge >= 0.3 is 0 Å². The Hall–Kier alpha value is -0.300. The summed E-state index contributed by atoms with van der Waals surface area (Å²) in [4.78, 5) is 0. The van der Waals surface area contributed by atoms with E-state index in [9.17, 15) is 0 Å². The number of unbranched alkanes of at least 4 members (excludes halogenated alkanes) is 1. The van der Waals surface area contributed by atoms with Crippen molar-refractivity contribution in [2.75, 3.05) is 13.2 Å². The summed E-state index contributed by atoms with van der Waals surface area (Å²) in [7, 11) is 0. The van der Waals surface area contributed by atoms with Gasteiger partial charge in [-0.05, 0) is 37.3 Å². The summed E-state index contributed by atoms with van der Waals surface area (Å²) < 4.78 is 0. The SMILES string of the molecule is CCC(O)=S.CCC(O)=S.OCCCCO. The van der Waals surface area contributed by atoms with Gasteiger partial charge in [-0.3, -0.25) is 0 Å². The third kappa shape index (κ3) is 49.2. The standard InChI is InChI=1S/C4H10O2.2C3H6OS/c5-3-1-2-4-6;2*1-2-3(4)5/h5-6H,1-4H2;2*2H2,1H3,(H,4,5). The fraction of sp³-hybridized carbons (Fsp3) is 0.800. The highest BCUT2D eigenvalue weighted by Gasteiger charge is 1.77. The van der Waals surface area contributed by atoms with Gasteiger partial charge in [0.05, 0.1) is 0 Å². The maximum atomic E-state index is 8.09. The Balaban J connectivity index is -0.000000160. The predicted octanol–water partition coefficient (Wildman–Crippen LogP) is 2.31. The minimum absolute atomic E-state index is 0.0880. The van der Waals surface area contributed by atoms with Gasteiger partial charge < -0.3 is 20.4 Å². The van der Waals surface area contributed by atoms with E-state index in [4.69, 9.17) is 20.4 Å². The summed E-state index contributed by atoms with van der Waals surface area (Å²) in [5.74, 6) is 0. The zero-order valence-electron chi connectivity index (χ0n) is 9.85. The highest BCUT2D eigenvalue weighted by atomic mass is 32.1. The first kappa shape index (κ1) is 21.0. The van der Waals surface area contributed by atoms with Crippen LogP contribution in [0.15, 0.2) is 0 Å². The first-order chi connectivity index (χ1) is 7.45. The zero-order chi connectivity index (χ0) is 13.4. The predicted molar refractivity (Wildman–Crippen MR) is 74.4 cm³/mol. The van der Waals surface area contributed by atoms with Crippen LogP contribution in [0.1, 0.15) is 39.5 Å². The Kier molecular flexibility index (Phi) is 26.5. The molecule has 0 spiro atoms. The molecule has 0 bridgehead atoms. The summed E-state index contributed by atoms with van der Waals surface area (Å²) in [6.07, 6.45) is 2.62. The second-order valence-corrected chi connectivity index (χ2v) is 3.59.